The molecule has 0 aliphatic rings. The molecule has 0 saturated carbocycles. The second-order valence-corrected chi connectivity index (χ2v) is 6.72. The molecule has 8 heteroatoms. The smallest absolute Gasteiger partial charge is 0.306 e. The first-order valence-electron chi connectivity index (χ1n) is 6.05. The fourth-order valence-corrected chi connectivity index (χ4v) is 2.96. The molecule has 7 nitrogen and oxygen atoms in total. The molecule has 0 aromatic heterocycles. The van der Waals surface area contributed by atoms with Gasteiger partial charge in [-0.05, 0) is 18.6 Å². The van der Waals surface area contributed by atoms with Gasteiger partial charge in [-0.1, -0.05) is 18.2 Å². The van der Waals surface area contributed by atoms with Crippen LogP contribution in [0.15, 0.2) is 24.3 Å². The lowest BCUT2D eigenvalue weighted by molar-refractivity contribution is -0.141. The minimum absolute atomic E-state index is 0.250. The fourth-order valence-electron chi connectivity index (χ4n) is 1.66. The van der Waals surface area contributed by atoms with E-state index in [2.05, 4.69) is 4.72 Å². The molecule has 3 N–H and O–H groups in total. The predicted molar refractivity (Wildman–Crippen MR) is 74.7 cm³/mol. The monoisotopic (exact) mass is 312 g/mol. The van der Waals surface area contributed by atoms with E-state index in [4.69, 9.17) is 10.4 Å². The first-order valence-corrected chi connectivity index (χ1v) is 7.70. The van der Waals surface area contributed by atoms with Crippen LogP contribution in [0.25, 0.3) is 0 Å². The Morgan fingerprint density at radius 3 is 2.62 bits per heavy atom. The highest BCUT2D eigenvalue weighted by Crippen LogP contribution is 2.12. The average Bonchev–Trinajstić information content (AvgIpc) is 2.35. The highest BCUT2D eigenvalue weighted by molar-refractivity contribution is 7.88. The van der Waals surface area contributed by atoms with Crippen molar-refractivity contribution in [3.8, 4) is 6.07 Å². The Morgan fingerprint density at radius 1 is 1.43 bits per heavy atom. The van der Waals surface area contributed by atoms with Crippen molar-refractivity contribution in [2.24, 2.45) is 0 Å². The van der Waals surface area contributed by atoms with Gasteiger partial charge in [-0.25, -0.2) is 13.1 Å². The number of nitrogens with zero attached hydrogens (tertiary/aromatic N) is 1. The number of carbonyl (C=O) groups is 1. The molecule has 1 atom stereocenters. The van der Waals surface area contributed by atoms with E-state index in [1.54, 1.807) is 12.1 Å². The second kappa shape index (κ2) is 6.67. The molecular weight excluding hydrogens is 296 g/mol. The summed E-state index contributed by atoms with van der Waals surface area (Å²) in [6.45, 7) is 0.809. The van der Waals surface area contributed by atoms with Crippen molar-refractivity contribution in [2.75, 3.05) is 6.54 Å². The Morgan fingerprint density at radius 2 is 2.05 bits per heavy atom. The highest BCUT2D eigenvalue weighted by Gasteiger charge is 2.26. The molecule has 1 aromatic carbocycles. The van der Waals surface area contributed by atoms with Crippen molar-refractivity contribution in [3.63, 3.8) is 0 Å². The Bertz CT molecular complexity index is 661. The maximum absolute atomic E-state index is 11.9. The van der Waals surface area contributed by atoms with Crippen LogP contribution in [0.3, 0.4) is 0 Å². The number of aliphatic hydroxyl groups is 1. The van der Waals surface area contributed by atoms with Gasteiger partial charge in [-0.3, -0.25) is 4.79 Å². The summed E-state index contributed by atoms with van der Waals surface area (Å²) in [5.41, 5.74) is -1.10. The molecular formula is C13H16N2O5S. The normalized spacial score (nSPS) is 14.1. The molecule has 0 radical (unpaired) electrons. The van der Waals surface area contributed by atoms with Gasteiger partial charge < -0.3 is 10.2 Å². The topological polar surface area (TPSA) is 127 Å². The fraction of sp³-hybridized carbons (Fsp3) is 0.385. The van der Waals surface area contributed by atoms with E-state index in [9.17, 15) is 18.3 Å². The Labute approximate surface area is 122 Å². The third kappa shape index (κ3) is 5.91. The van der Waals surface area contributed by atoms with Crippen LogP contribution >= 0.6 is 0 Å². The maximum atomic E-state index is 11.9. The largest absolute Gasteiger partial charge is 0.481 e. The third-order valence-corrected chi connectivity index (χ3v) is 3.96. The zero-order chi connectivity index (χ0) is 16.1. The number of rotatable bonds is 7. The van der Waals surface area contributed by atoms with E-state index >= 15 is 0 Å². The van der Waals surface area contributed by atoms with Gasteiger partial charge in [-0.2, -0.15) is 5.26 Å². The molecule has 0 aliphatic heterocycles. The van der Waals surface area contributed by atoms with Gasteiger partial charge >= 0.3 is 5.97 Å². The lowest BCUT2D eigenvalue weighted by Crippen LogP contribution is -2.42. The zero-order valence-corrected chi connectivity index (χ0v) is 12.2. The molecule has 1 rings (SSSR count). The van der Waals surface area contributed by atoms with E-state index in [0.29, 0.717) is 5.56 Å². The van der Waals surface area contributed by atoms with Crippen LogP contribution < -0.4 is 4.72 Å². The summed E-state index contributed by atoms with van der Waals surface area (Å²) in [6, 6.07) is 8.17. The summed E-state index contributed by atoms with van der Waals surface area (Å²) >= 11 is 0. The molecule has 1 unspecified atom stereocenters. The van der Waals surface area contributed by atoms with Crippen molar-refractivity contribution in [2.45, 2.75) is 24.7 Å². The number of carboxylic acid groups (broad SMARTS) is 1. The number of aliphatic carboxylic acids is 1. The molecule has 0 bridgehead atoms. The third-order valence-electron chi connectivity index (χ3n) is 2.69. The quantitative estimate of drug-likeness (QED) is 0.660. The summed E-state index contributed by atoms with van der Waals surface area (Å²) in [7, 11) is -3.79. The zero-order valence-electron chi connectivity index (χ0n) is 11.4. The molecule has 114 valence electrons. The number of nitriles is 1. The summed E-state index contributed by atoms with van der Waals surface area (Å²) in [6.07, 6.45) is -0.579. The average molecular weight is 312 g/mol. The van der Waals surface area contributed by atoms with Gasteiger partial charge in [0.1, 0.15) is 0 Å². The minimum atomic E-state index is -3.79. The number of benzene rings is 1. The lowest BCUT2D eigenvalue weighted by Gasteiger charge is -2.21. The standard InChI is InChI=1S/C13H16N2O5S/c1-13(18,6-12(16)17)9-15-21(19,20)8-11-5-3-2-4-10(11)7-14/h2-5,15,18H,6,8-9H2,1H3,(H,16,17). The first-order chi connectivity index (χ1) is 9.65. The Hall–Kier alpha value is -1.95. The van der Waals surface area contributed by atoms with Gasteiger partial charge in [0, 0.05) is 6.54 Å². The van der Waals surface area contributed by atoms with Gasteiger partial charge in [0.05, 0.1) is 29.4 Å². The van der Waals surface area contributed by atoms with Crippen molar-refractivity contribution >= 4 is 16.0 Å². The van der Waals surface area contributed by atoms with Crippen LogP contribution in [0.1, 0.15) is 24.5 Å². The van der Waals surface area contributed by atoms with Crippen LogP contribution in [0, 0.1) is 11.3 Å². The van der Waals surface area contributed by atoms with Crippen molar-refractivity contribution in [1.29, 1.82) is 5.26 Å². The molecule has 21 heavy (non-hydrogen) atoms. The predicted octanol–water partition coefficient (Wildman–Crippen LogP) is 0.203. The molecule has 0 fully saturated rings. The molecule has 0 aliphatic carbocycles. The van der Waals surface area contributed by atoms with Gasteiger partial charge in [0.2, 0.25) is 10.0 Å². The maximum Gasteiger partial charge on any atom is 0.306 e. The Balaban J connectivity index is 2.75. The van der Waals surface area contributed by atoms with Gasteiger partial charge in [0.25, 0.3) is 0 Å². The SMILES string of the molecule is CC(O)(CNS(=O)(=O)Cc1ccccc1C#N)CC(=O)O. The number of nitrogens with one attached hydrogen (secondary N) is 1. The lowest BCUT2D eigenvalue weighted by atomic mass is 10.0. The molecule has 0 amide bonds. The van der Waals surface area contributed by atoms with Gasteiger partial charge in [-0.15, -0.1) is 0 Å². The molecule has 1 aromatic rings. The van der Waals surface area contributed by atoms with Gasteiger partial charge in [0.15, 0.2) is 0 Å². The summed E-state index contributed by atoms with van der Waals surface area (Å²) in [4.78, 5) is 10.5. The van der Waals surface area contributed by atoms with Crippen molar-refractivity contribution < 1.29 is 23.4 Å². The van der Waals surface area contributed by atoms with Crippen LogP contribution in [0.2, 0.25) is 0 Å². The molecule has 0 heterocycles. The number of carboxylic acids is 1. The van der Waals surface area contributed by atoms with E-state index < -0.39 is 40.3 Å². The second-order valence-electron chi connectivity index (χ2n) is 4.92. The van der Waals surface area contributed by atoms with Crippen LogP contribution in [-0.4, -0.2) is 36.7 Å². The van der Waals surface area contributed by atoms with E-state index in [-0.39, 0.29) is 5.56 Å². The summed E-state index contributed by atoms with van der Waals surface area (Å²) in [5.74, 6) is -1.64. The summed E-state index contributed by atoms with van der Waals surface area (Å²) < 4.78 is 26.0. The van der Waals surface area contributed by atoms with E-state index in [0.717, 1.165) is 0 Å². The minimum Gasteiger partial charge on any atom is -0.481 e. The van der Waals surface area contributed by atoms with E-state index in [1.807, 2.05) is 6.07 Å². The highest BCUT2D eigenvalue weighted by atomic mass is 32.2. The van der Waals surface area contributed by atoms with Crippen LogP contribution in [0.5, 0.6) is 0 Å². The van der Waals surface area contributed by atoms with Crippen molar-refractivity contribution in [3.05, 3.63) is 35.4 Å². The number of sulfonamides is 1. The number of hydrogen-bond acceptors (Lipinski definition) is 5. The Kier molecular flexibility index (Phi) is 5.43. The first kappa shape index (κ1) is 17.1. The molecule has 0 saturated heterocycles. The molecule has 0 spiro atoms. The number of hydrogen-bond donors (Lipinski definition) is 3. The van der Waals surface area contributed by atoms with Crippen LogP contribution in [0.4, 0.5) is 0 Å². The van der Waals surface area contributed by atoms with E-state index in [1.165, 1.54) is 19.1 Å². The van der Waals surface area contributed by atoms with Crippen LogP contribution in [-0.2, 0) is 20.6 Å². The summed E-state index contributed by atoms with van der Waals surface area (Å²) in [5, 5.41) is 27.3. The van der Waals surface area contributed by atoms with Crippen molar-refractivity contribution in [1.82, 2.24) is 4.72 Å².